The van der Waals surface area contributed by atoms with Crippen molar-refractivity contribution in [3.05, 3.63) is 0 Å². The summed E-state index contributed by atoms with van der Waals surface area (Å²) in [7, 11) is 0. The van der Waals surface area contributed by atoms with Gasteiger partial charge in [0.05, 0.1) is 6.54 Å². The lowest BCUT2D eigenvalue weighted by Gasteiger charge is -2.28. The van der Waals surface area contributed by atoms with E-state index in [0.717, 1.165) is 25.3 Å². The van der Waals surface area contributed by atoms with Crippen LogP contribution < -0.4 is 5.32 Å². The molecule has 0 aliphatic carbocycles. The maximum atomic E-state index is 12.0. The van der Waals surface area contributed by atoms with Gasteiger partial charge in [-0.3, -0.25) is 4.90 Å². The monoisotopic (exact) mass is 284 g/mol. The lowest BCUT2D eigenvalue weighted by molar-refractivity contribution is -0.125. The van der Waals surface area contributed by atoms with E-state index >= 15 is 0 Å². The molecule has 1 aliphatic heterocycles. The Kier molecular flexibility index (Phi) is 5.80. The highest BCUT2D eigenvalue weighted by Gasteiger charge is 2.28. The number of alkyl halides is 3. The molecule has 0 bridgehead atoms. The minimum absolute atomic E-state index is 0.154. The van der Waals surface area contributed by atoms with Crippen LogP contribution in [-0.4, -0.2) is 53.8 Å². The van der Waals surface area contributed by atoms with Crippen LogP contribution in [0, 0.1) is 0 Å². The number of nitrogens with zero attached hydrogens (tertiary/aromatic N) is 1. The van der Waals surface area contributed by atoms with Gasteiger partial charge < -0.3 is 5.32 Å². The molecular weight excluding hydrogens is 261 g/mol. The molecule has 0 aromatic carbocycles. The predicted octanol–water partition coefficient (Wildman–Crippen LogP) is 2.74. The summed E-state index contributed by atoms with van der Waals surface area (Å²) in [6.45, 7) is 7.88. The maximum Gasteiger partial charge on any atom is 0.401 e. The molecule has 18 heavy (non-hydrogen) atoms. The first-order valence-electron chi connectivity index (χ1n) is 6.35. The van der Waals surface area contributed by atoms with Crippen molar-refractivity contribution in [1.29, 1.82) is 0 Å². The second-order valence-corrected chi connectivity index (χ2v) is 7.29. The van der Waals surface area contributed by atoms with Crippen LogP contribution in [0.25, 0.3) is 0 Å². The molecular formula is C12H23F3N2S. The summed E-state index contributed by atoms with van der Waals surface area (Å²) < 4.78 is 36.4. The van der Waals surface area contributed by atoms with E-state index in [-0.39, 0.29) is 10.8 Å². The molecule has 0 amide bonds. The summed E-state index contributed by atoms with van der Waals surface area (Å²) >= 11 is 1.95. The fourth-order valence-electron chi connectivity index (χ4n) is 2.03. The largest absolute Gasteiger partial charge is 0.401 e. The predicted molar refractivity (Wildman–Crippen MR) is 71.1 cm³/mol. The lowest BCUT2D eigenvalue weighted by atomic mass is 10.1. The van der Waals surface area contributed by atoms with Gasteiger partial charge in [0.15, 0.2) is 0 Å². The average Bonchev–Trinajstić information content (AvgIpc) is 2.37. The Balaban J connectivity index is 2.31. The van der Waals surface area contributed by atoms with Gasteiger partial charge in [-0.05, 0) is 19.9 Å². The minimum atomic E-state index is -4.11. The Morgan fingerprint density at radius 1 is 1.33 bits per heavy atom. The lowest BCUT2D eigenvalue weighted by Crippen LogP contribution is -2.43. The summed E-state index contributed by atoms with van der Waals surface area (Å²) in [5.74, 6) is 1.05. The molecule has 6 heteroatoms. The molecule has 1 heterocycles. The van der Waals surface area contributed by atoms with Crippen molar-refractivity contribution < 1.29 is 13.2 Å². The Labute approximate surface area is 112 Å². The zero-order valence-corrected chi connectivity index (χ0v) is 12.1. The van der Waals surface area contributed by atoms with E-state index < -0.39 is 12.7 Å². The first-order chi connectivity index (χ1) is 8.20. The van der Waals surface area contributed by atoms with Crippen molar-refractivity contribution in [2.24, 2.45) is 0 Å². The normalized spacial score (nSPS) is 23.7. The molecule has 1 aliphatic rings. The van der Waals surface area contributed by atoms with E-state index in [9.17, 15) is 13.2 Å². The van der Waals surface area contributed by atoms with E-state index in [1.165, 1.54) is 0 Å². The first-order valence-corrected chi connectivity index (χ1v) is 7.34. The molecule has 0 spiro atoms. The second kappa shape index (κ2) is 6.48. The molecule has 108 valence electrons. The molecule has 1 atom stereocenters. The van der Waals surface area contributed by atoms with Gasteiger partial charge in [0.25, 0.3) is 0 Å². The van der Waals surface area contributed by atoms with Crippen LogP contribution in [0.15, 0.2) is 0 Å². The van der Waals surface area contributed by atoms with Gasteiger partial charge in [-0.1, -0.05) is 13.8 Å². The SMILES string of the molecule is CC(CNCC(F)(F)F)N1CCSC(C)(C)CC1. The second-order valence-electron chi connectivity index (χ2n) is 5.49. The van der Waals surface area contributed by atoms with Crippen LogP contribution in [0.3, 0.4) is 0 Å². The number of thioether (sulfide) groups is 1. The molecule has 0 aromatic heterocycles. The Hall–Kier alpha value is 0.0600. The van der Waals surface area contributed by atoms with Gasteiger partial charge in [0.1, 0.15) is 0 Å². The van der Waals surface area contributed by atoms with Crippen molar-refractivity contribution in [2.75, 3.05) is 31.9 Å². The summed E-state index contributed by atoms with van der Waals surface area (Å²) in [5.41, 5.74) is 0. The molecule has 2 nitrogen and oxygen atoms in total. The van der Waals surface area contributed by atoms with Crippen LogP contribution >= 0.6 is 11.8 Å². The van der Waals surface area contributed by atoms with Crippen molar-refractivity contribution in [2.45, 2.75) is 44.2 Å². The van der Waals surface area contributed by atoms with E-state index in [1.54, 1.807) is 0 Å². The van der Waals surface area contributed by atoms with Gasteiger partial charge in [-0.15, -0.1) is 0 Å². The standard InChI is InChI=1S/C12H23F3N2S/c1-10(8-16-9-12(13,14)15)17-5-4-11(2,3)18-7-6-17/h10,16H,4-9H2,1-3H3. The molecule has 1 unspecified atom stereocenters. The Morgan fingerprint density at radius 3 is 2.61 bits per heavy atom. The summed E-state index contributed by atoms with van der Waals surface area (Å²) in [6, 6.07) is 0.154. The number of rotatable bonds is 4. The summed E-state index contributed by atoms with van der Waals surface area (Å²) in [5, 5.41) is 2.49. The Bertz CT molecular complexity index is 256. The molecule has 1 saturated heterocycles. The Morgan fingerprint density at radius 2 is 2.00 bits per heavy atom. The zero-order chi connectivity index (χ0) is 13.8. The van der Waals surface area contributed by atoms with Crippen LogP contribution in [0.1, 0.15) is 27.2 Å². The highest BCUT2D eigenvalue weighted by atomic mass is 32.2. The van der Waals surface area contributed by atoms with Crippen molar-refractivity contribution in [3.8, 4) is 0 Å². The van der Waals surface area contributed by atoms with E-state index in [2.05, 4.69) is 24.1 Å². The summed E-state index contributed by atoms with van der Waals surface area (Å²) in [4.78, 5) is 2.28. The van der Waals surface area contributed by atoms with Crippen LogP contribution in [0.4, 0.5) is 13.2 Å². The molecule has 1 N–H and O–H groups in total. The van der Waals surface area contributed by atoms with Crippen LogP contribution in [-0.2, 0) is 0 Å². The third kappa shape index (κ3) is 6.29. The van der Waals surface area contributed by atoms with Gasteiger partial charge in [0, 0.05) is 29.6 Å². The zero-order valence-electron chi connectivity index (χ0n) is 11.3. The van der Waals surface area contributed by atoms with Gasteiger partial charge in [0.2, 0.25) is 0 Å². The highest BCUT2D eigenvalue weighted by molar-refractivity contribution is 8.00. The molecule has 1 fully saturated rings. The van der Waals surface area contributed by atoms with Crippen molar-refractivity contribution in [3.63, 3.8) is 0 Å². The quantitative estimate of drug-likeness (QED) is 0.854. The van der Waals surface area contributed by atoms with Gasteiger partial charge in [-0.2, -0.15) is 24.9 Å². The average molecular weight is 284 g/mol. The molecule has 0 saturated carbocycles. The number of hydrogen-bond donors (Lipinski definition) is 1. The van der Waals surface area contributed by atoms with E-state index in [0.29, 0.717) is 6.54 Å². The third-order valence-electron chi connectivity index (χ3n) is 3.26. The third-order valence-corrected chi connectivity index (χ3v) is 4.63. The molecule has 0 radical (unpaired) electrons. The fraction of sp³-hybridized carbons (Fsp3) is 1.00. The van der Waals surface area contributed by atoms with Gasteiger partial charge >= 0.3 is 6.18 Å². The number of halogens is 3. The topological polar surface area (TPSA) is 15.3 Å². The van der Waals surface area contributed by atoms with Crippen molar-refractivity contribution in [1.82, 2.24) is 10.2 Å². The smallest absolute Gasteiger partial charge is 0.307 e. The van der Waals surface area contributed by atoms with Crippen LogP contribution in [0.2, 0.25) is 0 Å². The number of nitrogens with one attached hydrogen (secondary N) is 1. The molecule has 1 rings (SSSR count). The van der Waals surface area contributed by atoms with E-state index in [1.807, 2.05) is 18.7 Å². The highest BCUT2D eigenvalue weighted by Crippen LogP contribution is 2.31. The minimum Gasteiger partial charge on any atom is -0.307 e. The van der Waals surface area contributed by atoms with Crippen molar-refractivity contribution >= 4 is 11.8 Å². The molecule has 0 aromatic rings. The van der Waals surface area contributed by atoms with E-state index in [4.69, 9.17) is 0 Å². The van der Waals surface area contributed by atoms with Gasteiger partial charge in [-0.25, -0.2) is 0 Å². The van der Waals surface area contributed by atoms with Crippen LogP contribution in [0.5, 0.6) is 0 Å². The first kappa shape index (κ1) is 16.1. The summed E-state index contributed by atoms with van der Waals surface area (Å²) in [6.07, 6.45) is -3.03. The fourth-order valence-corrected chi connectivity index (χ4v) is 3.14. The number of hydrogen-bond acceptors (Lipinski definition) is 3. The maximum absolute atomic E-state index is 12.0.